The molecule has 0 fully saturated rings. The minimum atomic E-state index is -1.08. The van der Waals surface area contributed by atoms with Crippen LogP contribution in [0.1, 0.15) is 52.0 Å². The molecule has 1 aliphatic heterocycles. The number of ether oxygens (including phenoxy) is 2. The summed E-state index contributed by atoms with van der Waals surface area (Å²) in [4.78, 5) is 43.1. The van der Waals surface area contributed by atoms with E-state index in [2.05, 4.69) is 23.5 Å². The van der Waals surface area contributed by atoms with Crippen molar-refractivity contribution in [2.24, 2.45) is 11.7 Å². The maximum absolute atomic E-state index is 14.2. The van der Waals surface area contributed by atoms with E-state index in [1.54, 1.807) is 30.3 Å². The molecular weight excluding hydrogens is 520 g/mol. The van der Waals surface area contributed by atoms with E-state index in [0.29, 0.717) is 35.2 Å². The van der Waals surface area contributed by atoms with Crippen LogP contribution >= 0.6 is 11.5 Å². The Labute approximate surface area is 230 Å². The quantitative estimate of drug-likeness (QED) is 0.347. The molecule has 206 valence electrons. The van der Waals surface area contributed by atoms with Crippen LogP contribution in [0.3, 0.4) is 0 Å². The minimum Gasteiger partial charge on any atom is -0.454 e. The number of carbonyl (C=O) groups excluding carboxylic acids is 3. The summed E-state index contributed by atoms with van der Waals surface area (Å²) < 4.78 is 15.0. The third-order valence-electron chi connectivity index (χ3n) is 6.26. The molecule has 3 amide bonds. The van der Waals surface area contributed by atoms with Crippen molar-refractivity contribution in [2.45, 2.75) is 26.3 Å². The number of rotatable bonds is 10. The number of carbonyl (C=O) groups is 3. The van der Waals surface area contributed by atoms with Crippen LogP contribution in [-0.4, -0.2) is 49.5 Å². The lowest BCUT2D eigenvalue weighted by Gasteiger charge is -2.31. The van der Waals surface area contributed by atoms with Crippen LogP contribution in [0, 0.1) is 5.92 Å². The predicted octanol–water partition coefficient (Wildman–Crippen LogP) is 3.17. The van der Waals surface area contributed by atoms with Crippen LogP contribution in [0.25, 0.3) is 0 Å². The molecular formula is C27H32N6O5S. The van der Waals surface area contributed by atoms with Crippen molar-refractivity contribution >= 4 is 46.3 Å². The zero-order valence-electron chi connectivity index (χ0n) is 22.3. The van der Waals surface area contributed by atoms with E-state index >= 15 is 0 Å². The Bertz CT molecular complexity index is 1370. The molecule has 0 bridgehead atoms. The van der Waals surface area contributed by atoms with Crippen LogP contribution < -0.4 is 36.1 Å². The molecule has 0 aliphatic carbocycles. The van der Waals surface area contributed by atoms with E-state index < -0.39 is 17.9 Å². The average molecular weight is 553 g/mol. The van der Waals surface area contributed by atoms with Gasteiger partial charge in [0.1, 0.15) is 10.9 Å². The van der Waals surface area contributed by atoms with E-state index in [9.17, 15) is 14.4 Å². The zero-order valence-corrected chi connectivity index (χ0v) is 23.1. The lowest BCUT2D eigenvalue weighted by Crippen LogP contribution is -2.44. The van der Waals surface area contributed by atoms with Gasteiger partial charge in [-0.05, 0) is 53.7 Å². The van der Waals surface area contributed by atoms with E-state index in [1.165, 1.54) is 4.90 Å². The molecule has 1 aliphatic rings. The van der Waals surface area contributed by atoms with Gasteiger partial charge in [-0.1, -0.05) is 26.0 Å². The highest BCUT2D eigenvalue weighted by Crippen LogP contribution is 2.40. The Hall–Kier alpha value is -4.32. The van der Waals surface area contributed by atoms with Crippen LogP contribution in [0.5, 0.6) is 11.5 Å². The highest BCUT2D eigenvalue weighted by atomic mass is 32.1. The molecule has 1 aromatic heterocycles. The van der Waals surface area contributed by atoms with Crippen LogP contribution in [0.4, 0.5) is 17.1 Å². The SMILES string of the molecule is CC(C)CCNC(=O)C(c1ccc(N(C)C)cc1)N(C(=O)c1snc(C(N)=O)c1N)c1ccc2c(c1)OCO2. The molecule has 2 heterocycles. The third-order valence-corrected chi connectivity index (χ3v) is 7.11. The molecule has 1 atom stereocenters. The van der Waals surface area contributed by atoms with Crippen molar-refractivity contribution in [2.75, 3.05) is 43.0 Å². The second kappa shape index (κ2) is 11.6. The number of aromatic nitrogens is 1. The van der Waals surface area contributed by atoms with Crippen molar-refractivity contribution < 1.29 is 23.9 Å². The third kappa shape index (κ3) is 5.90. The molecule has 11 nitrogen and oxygen atoms in total. The van der Waals surface area contributed by atoms with Gasteiger partial charge >= 0.3 is 0 Å². The molecule has 0 radical (unpaired) electrons. The first kappa shape index (κ1) is 27.7. The minimum absolute atomic E-state index is 0.00800. The van der Waals surface area contributed by atoms with Gasteiger partial charge in [0.05, 0.1) is 5.69 Å². The van der Waals surface area contributed by atoms with Gasteiger partial charge in [-0.15, -0.1) is 0 Å². The van der Waals surface area contributed by atoms with Crippen molar-refractivity contribution in [3.05, 3.63) is 58.6 Å². The van der Waals surface area contributed by atoms with Gasteiger partial charge in [0.2, 0.25) is 12.7 Å². The molecule has 1 unspecified atom stereocenters. The number of primary amides is 1. The van der Waals surface area contributed by atoms with Crippen LogP contribution in [0.15, 0.2) is 42.5 Å². The number of nitrogens with zero attached hydrogens (tertiary/aromatic N) is 3. The maximum atomic E-state index is 14.2. The summed E-state index contributed by atoms with van der Waals surface area (Å²) in [5.74, 6) is -0.511. The van der Waals surface area contributed by atoms with E-state index in [0.717, 1.165) is 23.6 Å². The largest absolute Gasteiger partial charge is 0.454 e. The Morgan fingerprint density at radius 3 is 2.33 bits per heavy atom. The predicted molar refractivity (Wildman–Crippen MR) is 150 cm³/mol. The molecule has 0 saturated carbocycles. The normalized spacial score (nSPS) is 12.7. The molecule has 39 heavy (non-hydrogen) atoms. The Morgan fingerprint density at radius 2 is 1.72 bits per heavy atom. The lowest BCUT2D eigenvalue weighted by molar-refractivity contribution is -0.122. The van der Waals surface area contributed by atoms with Gasteiger partial charge in [-0.3, -0.25) is 19.3 Å². The van der Waals surface area contributed by atoms with E-state index in [-0.39, 0.29) is 29.0 Å². The highest BCUT2D eigenvalue weighted by Gasteiger charge is 2.36. The fourth-order valence-corrected chi connectivity index (χ4v) is 4.85. The Kier molecular flexibility index (Phi) is 8.24. The maximum Gasteiger partial charge on any atom is 0.273 e. The molecule has 4 rings (SSSR count). The number of hydrogen-bond donors (Lipinski definition) is 3. The van der Waals surface area contributed by atoms with Crippen molar-refractivity contribution in [3.63, 3.8) is 0 Å². The summed E-state index contributed by atoms with van der Waals surface area (Å²) in [5.41, 5.74) is 13.1. The summed E-state index contributed by atoms with van der Waals surface area (Å²) in [6.45, 7) is 4.60. The van der Waals surface area contributed by atoms with Crippen molar-refractivity contribution in [1.29, 1.82) is 0 Å². The zero-order chi connectivity index (χ0) is 28.3. The van der Waals surface area contributed by atoms with Gasteiger partial charge in [0, 0.05) is 38.1 Å². The van der Waals surface area contributed by atoms with E-state index in [1.807, 2.05) is 31.1 Å². The number of benzene rings is 2. The number of anilines is 3. The monoisotopic (exact) mass is 552 g/mol. The second-order valence-corrected chi connectivity index (χ2v) is 10.5. The number of nitrogen functional groups attached to an aromatic ring is 1. The fourth-order valence-electron chi connectivity index (χ4n) is 4.11. The van der Waals surface area contributed by atoms with Crippen molar-refractivity contribution in [3.8, 4) is 11.5 Å². The van der Waals surface area contributed by atoms with Crippen molar-refractivity contribution in [1.82, 2.24) is 9.69 Å². The summed E-state index contributed by atoms with van der Waals surface area (Å²) in [6.07, 6.45) is 0.764. The first-order valence-electron chi connectivity index (χ1n) is 12.4. The van der Waals surface area contributed by atoms with Gasteiger partial charge in [0.15, 0.2) is 17.2 Å². The molecule has 12 heteroatoms. The number of nitrogens with two attached hydrogens (primary N) is 2. The average Bonchev–Trinajstić information content (AvgIpc) is 3.52. The number of nitrogens with one attached hydrogen (secondary N) is 1. The topological polar surface area (TPSA) is 153 Å². The summed E-state index contributed by atoms with van der Waals surface area (Å²) in [7, 11) is 3.83. The van der Waals surface area contributed by atoms with E-state index in [4.69, 9.17) is 20.9 Å². The molecule has 3 aromatic rings. The van der Waals surface area contributed by atoms with Crippen LogP contribution in [0.2, 0.25) is 0 Å². The van der Waals surface area contributed by atoms with Gasteiger partial charge in [0.25, 0.3) is 11.8 Å². The molecule has 0 saturated heterocycles. The number of amides is 3. The molecule has 5 N–H and O–H groups in total. The Morgan fingerprint density at radius 1 is 1.05 bits per heavy atom. The van der Waals surface area contributed by atoms with Gasteiger partial charge < -0.3 is 31.2 Å². The van der Waals surface area contributed by atoms with Gasteiger partial charge in [-0.2, -0.15) is 4.37 Å². The highest BCUT2D eigenvalue weighted by molar-refractivity contribution is 7.09. The van der Waals surface area contributed by atoms with Crippen LogP contribution in [-0.2, 0) is 4.79 Å². The first-order chi connectivity index (χ1) is 18.6. The molecule has 2 aromatic carbocycles. The summed E-state index contributed by atoms with van der Waals surface area (Å²) >= 11 is 0.752. The first-order valence-corrected chi connectivity index (χ1v) is 13.2. The number of hydrogen-bond acceptors (Lipinski definition) is 9. The van der Waals surface area contributed by atoms with Gasteiger partial charge in [-0.25, -0.2) is 0 Å². The standard InChI is InChI=1S/C27H32N6O5S/c1-15(2)11-12-30-26(35)23(16-5-7-17(8-6-16)32(3)4)33(18-9-10-19-20(13-18)38-14-37-19)27(36)24-21(28)22(25(29)34)31-39-24/h5-10,13,15,23H,11-12,14,28H2,1-4H3,(H2,29,34)(H,30,35). The number of fused-ring (bicyclic) bond motifs is 1. The second-order valence-electron chi connectivity index (χ2n) is 9.71. The Balaban J connectivity index is 1.85. The fraction of sp³-hybridized carbons (Fsp3) is 0.333. The smallest absolute Gasteiger partial charge is 0.273 e. The lowest BCUT2D eigenvalue weighted by atomic mass is 10.0. The molecule has 0 spiro atoms. The summed E-state index contributed by atoms with van der Waals surface area (Å²) in [6, 6.07) is 11.2. The summed E-state index contributed by atoms with van der Waals surface area (Å²) in [5, 5.41) is 2.98.